The second-order valence-corrected chi connectivity index (χ2v) is 5.34. The van der Waals surface area contributed by atoms with Gasteiger partial charge in [-0.2, -0.15) is 10.2 Å². The van der Waals surface area contributed by atoms with E-state index in [9.17, 15) is 14.9 Å². The lowest BCUT2D eigenvalue weighted by atomic mass is 10.2. The van der Waals surface area contributed by atoms with Crippen molar-refractivity contribution >= 4 is 17.8 Å². The number of benzene rings is 1. The summed E-state index contributed by atoms with van der Waals surface area (Å²) in [5, 5.41) is 18.9. The number of hydrogen-bond acceptors (Lipinski definition) is 7. The van der Waals surface area contributed by atoms with Crippen LogP contribution >= 0.6 is 0 Å². The maximum absolute atomic E-state index is 12.0. The Bertz CT molecular complexity index is 859. The van der Waals surface area contributed by atoms with E-state index in [4.69, 9.17) is 9.47 Å². The summed E-state index contributed by atoms with van der Waals surface area (Å²) in [5.74, 6) is 0.708. The highest BCUT2D eigenvalue weighted by atomic mass is 16.6. The summed E-state index contributed by atoms with van der Waals surface area (Å²) < 4.78 is 11.6. The second-order valence-electron chi connectivity index (χ2n) is 5.34. The summed E-state index contributed by atoms with van der Waals surface area (Å²) in [7, 11) is 3.06. The van der Waals surface area contributed by atoms with Gasteiger partial charge in [-0.1, -0.05) is 0 Å². The second kappa shape index (κ2) is 8.10. The van der Waals surface area contributed by atoms with Crippen molar-refractivity contribution in [2.24, 2.45) is 5.10 Å². The Labute approximate surface area is 149 Å². The van der Waals surface area contributed by atoms with Crippen LogP contribution in [0.4, 0.5) is 5.69 Å². The molecule has 1 N–H and O–H groups in total. The van der Waals surface area contributed by atoms with Crippen molar-refractivity contribution in [3.63, 3.8) is 0 Å². The third kappa shape index (κ3) is 4.15. The maximum atomic E-state index is 12.0. The molecule has 1 amide bonds. The predicted molar refractivity (Wildman–Crippen MR) is 93.6 cm³/mol. The van der Waals surface area contributed by atoms with E-state index in [1.54, 1.807) is 25.3 Å². The fourth-order valence-corrected chi connectivity index (χ4v) is 2.38. The standard InChI is InChI=1S/C16H19N5O5/c1-10-16(21(23)24)11(2)20(19-10)9-15(22)18-17-8-12-5-6-13(25-3)7-14(12)26-4/h5-8H,9H2,1-4H3,(H,18,22). The number of rotatable bonds is 7. The summed E-state index contributed by atoms with van der Waals surface area (Å²) in [6.45, 7) is 2.88. The Kier molecular flexibility index (Phi) is 5.89. The number of hydrazone groups is 1. The molecule has 1 aromatic heterocycles. The molecule has 0 aliphatic carbocycles. The molecule has 0 saturated carbocycles. The average Bonchev–Trinajstić information content (AvgIpc) is 2.88. The van der Waals surface area contributed by atoms with Gasteiger partial charge in [0.25, 0.3) is 5.91 Å². The third-order valence-electron chi connectivity index (χ3n) is 3.65. The van der Waals surface area contributed by atoms with Gasteiger partial charge in [0, 0.05) is 11.6 Å². The molecule has 0 aliphatic rings. The third-order valence-corrected chi connectivity index (χ3v) is 3.65. The van der Waals surface area contributed by atoms with Crippen LogP contribution in [0, 0.1) is 24.0 Å². The smallest absolute Gasteiger partial charge is 0.312 e. The Morgan fingerprint density at radius 2 is 2.12 bits per heavy atom. The molecule has 10 nitrogen and oxygen atoms in total. The molecule has 0 unspecified atom stereocenters. The number of nitrogens with one attached hydrogen (secondary N) is 1. The zero-order valence-electron chi connectivity index (χ0n) is 14.8. The molecule has 0 bridgehead atoms. The lowest BCUT2D eigenvalue weighted by Gasteiger charge is -2.07. The molecule has 0 fully saturated rings. The topological polar surface area (TPSA) is 121 Å². The quantitative estimate of drug-likeness (QED) is 0.454. The minimum atomic E-state index is -0.514. The normalized spacial score (nSPS) is 10.8. The van der Waals surface area contributed by atoms with Crippen LogP contribution in [0.15, 0.2) is 23.3 Å². The van der Waals surface area contributed by atoms with E-state index < -0.39 is 10.8 Å². The first-order valence-corrected chi connectivity index (χ1v) is 7.59. The summed E-state index contributed by atoms with van der Waals surface area (Å²) in [6, 6.07) is 5.16. The lowest BCUT2D eigenvalue weighted by Crippen LogP contribution is -2.24. The highest BCUT2D eigenvalue weighted by Gasteiger charge is 2.22. The van der Waals surface area contributed by atoms with Crippen molar-refractivity contribution in [1.29, 1.82) is 0 Å². The Morgan fingerprint density at radius 3 is 2.69 bits per heavy atom. The molecule has 138 valence electrons. The largest absolute Gasteiger partial charge is 0.497 e. The number of aryl methyl sites for hydroxylation is 1. The van der Waals surface area contributed by atoms with E-state index >= 15 is 0 Å². The number of carbonyl (C=O) groups is 1. The van der Waals surface area contributed by atoms with Gasteiger partial charge in [-0.3, -0.25) is 19.6 Å². The van der Waals surface area contributed by atoms with Crippen LogP contribution in [0.2, 0.25) is 0 Å². The molecular weight excluding hydrogens is 342 g/mol. The van der Waals surface area contributed by atoms with Crippen molar-refractivity contribution in [2.45, 2.75) is 20.4 Å². The van der Waals surface area contributed by atoms with Crippen LogP contribution in [-0.2, 0) is 11.3 Å². The van der Waals surface area contributed by atoms with E-state index in [0.29, 0.717) is 22.8 Å². The first kappa shape index (κ1) is 18.9. The van der Waals surface area contributed by atoms with Crippen LogP contribution in [0.1, 0.15) is 17.0 Å². The molecule has 2 rings (SSSR count). The number of nitro groups is 1. The Hall–Kier alpha value is -3.43. The molecule has 10 heteroatoms. The van der Waals surface area contributed by atoms with Crippen molar-refractivity contribution in [3.8, 4) is 11.5 Å². The highest BCUT2D eigenvalue weighted by molar-refractivity contribution is 5.85. The number of carbonyl (C=O) groups excluding carboxylic acids is 1. The first-order valence-electron chi connectivity index (χ1n) is 7.59. The minimum absolute atomic E-state index is 0.0933. The average molecular weight is 361 g/mol. The molecule has 0 spiro atoms. The molecule has 0 aliphatic heterocycles. The van der Waals surface area contributed by atoms with Gasteiger partial charge in [0.15, 0.2) is 0 Å². The molecule has 0 saturated heterocycles. The molecule has 0 radical (unpaired) electrons. The molecule has 0 atom stereocenters. The molecule has 2 aromatic rings. The predicted octanol–water partition coefficient (Wildman–Crippen LogP) is 1.58. The number of amides is 1. The molecular formula is C16H19N5O5. The van der Waals surface area contributed by atoms with Crippen LogP contribution in [-0.4, -0.2) is 41.0 Å². The van der Waals surface area contributed by atoms with Gasteiger partial charge < -0.3 is 9.47 Å². The van der Waals surface area contributed by atoms with E-state index in [1.165, 1.54) is 31.9 Å². The van der Waals surface area contributed by atoms with Crippen LogP contribution < -0.4 is 14.9 Å². The van der Waals surface area contributed by atoms with Crippen LogP contribution in [0.5, 0.6) is 11.5 Å². The highest BCUT2D eigenvalue weighted by Crippen LogP contribution is 2.23. The van der Waals surface area contributed by atoms with Crippen LogP contribution in [0.25, 0.3) is 0 Å². The summed E-state index contributed by atoms with van der Waals surface area (Å²) >= 11 is 0. The van der Waals surface area contributed by atoms with Gasteiger partial charge >= 0.3 is 5.69 Å². The zero-order chi connectivity index (χ0) is 19.3. The van der Waals surface area contributed by atoms with E-state index in [-0.39, 0.29) is 17.9 Å². The van der Waals surface area contributed by atoms with Crippen molar-refractivity contribution in [3.05, 3.63) is 45.3 Å². The molecule has 1 aromatic carbocycles. The fourth-order valence-electron chi connectivity index (χ4n) is 2.38. The van der Waals surface area contributed by atoms with Gasteiger partial charge in [0.2, 0.25) is 0 Å². The summed E-state index contributed by atoms with van der Waals surface area (Å²) in [4.78, 5) is 22.5. The van der Waals surface area contributed by atoms with E-state index in [2.05, 4.69) is 15.6 Å². The summed E-state index contributed by atoms with van der Waals surface area (Å²) in [5.41, 5.74) is 3.48. The molecule has 26 heavy (non-hydrogen) atoms. The molecule has 1 heterocycles. The van der Waals surface area contributed by atoms with Crippen molar-refractivity contribution < 1.29 is 19.2 Å². The van der Waals surface area contributed by atoms with Gasteiger partial charge in [-0.25, -0.2) is 5.43 Å². The van der Waals surface area contributed by atoms with E-state index in [0.717, 1.165) is 0 Å². The van der Waals surface area contributed by atoms with Crippen molar-refractivity contribution in [2.75, 3.05) is 14.2 Å². The summed E-state index contributed by atoms with van der Waals surface area (Å²) in [6.07, 6.45) is 1.43. The Balaban J connectivity index is 2.04. The van der Waals surface area contributed by atoms with Crippen molar-refractivity contribution in [1.82, 2.24) is 15.2 Å². The number of nitrogens with zero attached hydrogens (tertiary/aromatic N) is 4. The zero-order valence-corrected chi connectivity index (χ0v) is 14.8. The van der Waals surface area contributed by atoms with Gasteiger partial charge in [-0.15, -0.1) is 0 Å². The van der Waals surface area contributed by atoms with Gasteiger partial charge in [-0.05, 0) is 26.0 Å². The van der Waals surface area contributed by atoms with E-state index in [1.807, 2.05) is 0 Å². The number of ether oxygens (including phenoxy) is 2. The van der Waals surface area contributed by atoms with Gasteiger partial charge in [0.1, 0.15) is 29.4 Å². The lowest BCUT2D eigenvalue weighted by molar-refractivity contribution is -0.386. The maximum Gasteiger partial charge on any atom is 0.312 e. The fraction of sp³-hybridized carbons (Fsp3) is 0.312. The van der Waals surface area contributed by atoms with Gasteiger partial charge in [0.05, 0.1) is 25.4 Å². The first-order chi connectivity index (χ1) is 12.4. The minimum Gasteiger partial charge on any atom is -0.497 e. The number of methoxy groups -OCH3 is 2. The monoisotopic (exact) mass is 361 g/mol. The Morgan fingerprint density at radius 1 is 1.38 bits per heavy atom. The number of hydrogen-bond donors (Lipinski definition) is 1. The SMILES string of the molecule is COc1ccc(C=NNC(=O)Cn2nc(C)c([N+](=O)[O-])c2C)c(OC)c1. The number of aromatic nitrogens is 2. The van der Waals surface area contributed by atoms with Crippen LogP contribution in [0.3, 0.4) is 0 Å².